The van der Waals surface area contributed by atoms with Gasteiger partial charge in [-0.1, -0.05) is 12.1 Å². The van der Waals surface area contributed by atoms with E-state index in [-0.39, 0.29) is 18.1 Å². The molecule has 3 rings (SSSR count). The number of hydrogen-bond donors (Lipinski definition) is 2. The predicted molar refractivity (Wildman–Crippen MR) is 86.8 cm³/mol. The van der Waals surface area contributed by atoms with Gasteiger partial charge in [-0.3, -0.25) is 9.59 Å². The van der Waals surface area contributed by atoms with Gasteiger partial charge in [-0.15, -0.1) is 10.2 Å². The Kier molecular flexibility index (Phi) is 4.65. The van der Waals surface area contributed by atoms with Crippen molar-refractivity contribution >= 4 is 17.5 Å². The van der Waals surface area contributed by atoms with Gasteiger partial charge in [0.25, 0.3) is 0 Å². The van der Waals surface area contributed by atoms with Gasteiger partial charge in [-0.25, -0.2) is 8.78 Å². The lowest BCUT2D eigenvalue weighted by Gasteiger charge is -2.04. The molecule has 0 saturated carbocycles. The number of aromatic nitrogens is 4. The van der Waals surface area contributed by atoms with Crippen LogP contribution in [0.4, 0.5) is 14.5 Å². The summed E-state index contributed by atoms with van der Waals surface area (Å²) in [5, 5.41) is 14.0. The van der Waals surface area contributed by atoms with Gasteiger partial charge in [0, 0.05) is 22.9 Å². The van der Waals surface area contributed by atoms with Crippen LogP contribution in [0.3, 0.4) is 0 Å². The van der Waals surface area contributed by atoms with Crippen molar-refractivity contribution in [3.05, 3.63) is 59.7 Å². The topological polar surface area (TPSA) is 116 Å². The minimum atomic E-state index is -1.07. The maximum atomic E-state index is 13.1. The largest absolute Gasteiger partial charge is 0.366 e. The van der Waals surface area contributed by atoms with E-state index in [1.165, 1.54) is 18.2 Å². The minimum absolute atomic E-state index is 0.108. The number of carbonyl (C=O) groups excluding carboxylic acids is 2. The Balaban J connectivity index is 1.66. The normalized spacial score (nSPS) is 10.5. The molecule has 0 aliphatic carbocycles. The number of carbonyl (C=O) groups is 2. The van der Waals surface area contributed by atoms with Crippen molar-refractivity contribution in [2.75, 3.05) is 5.32 Å². The monoisotopic (exact) mass is 358 g/mol. The standard InChI is InChI=1S/C16H12F2N6O2/c17-12-6-5-11(7-13(12)18)20-14(25)8-24-22-16(21-23-24)10-3-1-9(2-4-10)15(19)26/h1-7H,8H2,(H2,19,26)(H,20,25). The second-order valence-electron chi connectivity index (χ2n) is 5.26. The van der Waals surface area contributed by atoms with Crippen LogP contribution in [0, 0.1) is 11.6 Å². The van der Waals surface area contributed by atoms with Gasteiger partial charge >= 0.3 is 0 Å². The highest BCUT2D eigenvalue weighted by Gasteiger charge is 2.11. The Morgan fingerprint density at radius 3 is 2.46 bits per heavy atom. The van der Waals surface area contributed by atoms with E-state index >= 15 is 0 Å². The first-order valence-electron chi connectivity index (χ1n) is 7.35. The van der Waals surface area contributed by atoms with E-state index in [1.54, 1.807) is 12.1 Å². The molecule has 10 heteroatoms. The van der Waals surface area contributed by atoms with E-state index in [4.69, 9.17) is 5.73 Å². The molecule has 0 bridgehead atoms. The summed E-state index contributed by atoms with van der Waals surface area (Å²) in [6.07, 6.45) is 0. The third-order valence-electron chi connectivity index (χ3n) is 3.37. The summed E-state index contributed by atoms with van der Waals surface area (Å²) in [5.41, 5.74) is 6.20. The number of halogens is 2. The summed E-state index contributed by atoms with van der Waals surface area (Å²) in [4.78, 5) is 24.0. The van der Waals surface area contributed by atoms with Crippen molar-refractivity contribution in [3.63, 3.8) is 0 Å². The number of benzene rings is 2. The van der Waals surface area contributed by atoms with E-state index in [1.807, 2.05) is 0 Å². The molecule has 0 aliphatic rings. The molecule has 0 saturated heterocycles. The van der Waals surface area contributed by atoms with Crippen molar-refractivity contribution in [1.29, 1.82) is 0 Å². The molecular formula is C16H12F2N6O2. The van der Waals surface area contributed by atoms with Crippen molar-refractivity contribution in [2.24, 2.45) is 5.73 Å². The molecule has 2 aromatic carbocycles. The van der Waals surface area contributed by atoms with Crippen LogP contribution in [-0.2, 0) is 11.3 Å². The van der Waals surface area contributed by atoms with E-state index in [0.29, 0.717) is 11.1 Å². The van der Waals surface area contributed by atoms with Crippen LogP contribution in [0.1, 0.15) is 10.4 Å². The van der Waals surface area contributed by atoms with Gasteiger partial charge in [0.15, 0.2) is 11.6 Å². The van der Waals surface area contributed by atoms with E-state index < -0.39 is 23.4 Å². The van der Waals surface area contributed by atoms with E-state index in [2.05, 4.69) is 20.7 Å². The van der Waals surface area contributed by atoms with Crippen LogP contribution in [0.5, 0.6) is 0 Å². The Morgan fingerprint density at radius 2 is 1.81 bits per heavy atom. The van der Waals surface area contributed by atoms with Crippen LogP contribution in [-0.4, -0.2) is 32.0 Å². The predicted octanol–water partition coefficient (Wildman–Crippen LogP) is 1.36. The van der Waals surface area contributed by atoms with Crippen LogP contribution in [0.25, 0.3) is 11.4 Å². The quantitative estimate of drug-likeness (QED) is 0.714. The van der Waals surface area contributed by atoms with Gasteiger partial charge in [0.05, 0.1) is 0 Å². The average Bonchev–Trinajstić information content (AvgIpc) is 3.06. The number of nitrogens with two attached hydrogens (primary N) is 1. The molecule has 26 heavy (non-hydrogen) atoms. The van der Waals surface area contributed by atoms with E-state index in [0.717, 1.165) is 16.9 Å². The maximum absolute atomic E-state index is 13.1. The molecule has 0 fully saturated rings. The minimum Gasteiger partial charge on any atom is -0.366 e. The smallest absolute Gasteiger partial charge is 0.248 e. The van der Waals surface area contributed by atoms with Crippen molar-refractivity contribution in [3.8, 4) is 11.4 Å². The number of primary amides is 1. The molecule has 0 atom stereocenters. The fourth-order valence-electron chi connectivity index (χ4n) is 2.11. The molecule has 3 N–H and O–H groups in total. The lowest BCUT2D eigenvalue weighted by molar-refractivity contribution is -0.117. The lowest BCUT2D eigenvalue weighted by Crippen LogP contribution is -2.20. The number of tetrazole rings is 1. The summed E-state index contributed by atoms with van der Waals surface area (Å²) in [6, 6.07) is 9.25. The SMILES string of the molecule is NC(=O)c1ccc(-c2nnn(CC(=O)Nc3ccc(F)c(F)c3)n2)cc1. The molecule has 8 nitrogen and oxygen atoms in total. The molecule has 0 spiro atoms. The van der Waals surface area contributed by atoms with Crippen molar-refractivity contribution < 1.29 is 18.4 Å². The zero-order valence-electron chi connectivity index (χ0n) is 13.2. The molecule has 0 unspecified atom stereocenters. The Morgan fingerprint density at radius 1 is 1.08 bits per heavy atom. The van der Waals surface area contributed by atoms with Gasteiger partial charge < -0.3 is 11.1 Å². The van der Waals surface area contributed by atoms with Gasteiger partial charge in [0.2, 0.25) is 17.6 Å². The lowest BCUT2D eigenvalue weighted by atomic mass is 10.1. The molecule has 1 heterocycles. The molecular weight excluding hydrogens is 346 g/mol. The zero-order valence-corrected chi connectivity index (χ0v) is 13.2. The van der Waals surface area contributed by atoms with Gasteiger partial charge in [0.1, 0.15) is 6.54 Å². The molecule has 0 radical (unpaired) electrons. The summed E-state index contributed by atoms with van der Waals surface area (Å²) in [5.74, 6) is -2.91. The number of anilines is 1. The highest BCUT2D eigenvalue weighted by Crippen LogP contribution is 2.15. The van der Waals surface area contributed by atoms with Gasteiger partial charge in [-0.2, -0.15) is 4.80 Å². The molecule has 1 aromatic heterocycles. The Bertz CT molecular complexity index is 971. The third kappa shape index (κ3) is 3.86. The molecule has 0 aliphatic heterocycles. The Hall–Kier alpha value is -3.69. The van der Waals surface area contributed by atoms with Crippen molar-refractivity contribution in [2.45, 2.75) is 6.54 Å². The van der Waals surface area contributed by atoms with E-state index in [9.17, 15) is 18.4 Å². The van der Waals surface area contributed by atoms with Crippen LogP contribution in [0.2, 0.25) is 0 Å². The average molecular weight is 358 g/mol. The zero-order chi connectivity index (χ0) is 18.7. The summed E-state index contributed by atoms with van der Waals surface area (Å²) < 4.78 is 26.0. The van der Waals surface area contributed by atoms with Crippen LogP contribution < -0.4 is 11.1 Å². The van der Waals surface area contributed by atoms with Crippen LogP contribution >= 0.6 is 0 Å². The highest BCUT2D eigenvalue weighted by molar-refractivity contribution is 5.93. The summed E-state index contributed by atoms with van der Waals surface area (Å²) in [7, 11) is 0. The Labute approximate surface area is 145 Å². The first-order chi connectivity index (χ1) is 12.4. The molecule has 2 amide bonds. The maximum Gasteiger partial charge on any atom is 0.248 e. The van der Waals surface area contributed by atoms with Crippen LogP contribution in [0.15, 0.2) is 42.5 Å². The second kappa shape index (κ2) is 7.05. The number of nitrogens with one attached hydrogen (secondary N) is 1. The molecule has 132 valence electrons. The molecule has 3 aromatic rings. The number of rotatable bonds is 5. The first kappa shape index (κ1) is 17.1. The third-order valence-corrected chi connectivity index (χ3v) is 3.37. The van der Waals surface area contributed by atoms with Crippen molar-refractivity contribution in [1.82, 2.24) is 20.2 Å². The summed E-state index contributed by atoms with van der Waals surface area (Å²) >= 11 is 0. The fourth-order valence-corrected chi connectivity index (χ4v) is 2.11. The number of amides is 2. The second-order valence-corrected chi connectivity index (χ2v) is 5.26. The number of nitrogens with zero attached hydrogens (tertiary/aromatic N) is 4. The fraction of sp³-hybridized carbons (Fsp3) is 0.0625. The van der Waals surface area contributed by atoms with Gasteiger partial charge in [-0.05, 0) is 29.5 Å². The summed E-state index contributed by atoms with van der Waals surface area (Å²) in [6.45, 7) is -0.272. The number of hydrogen-bond acceptors (Lipinski definition) is 5. The first-order valence-corrected chi connectivity index (χ1v) is 7.35. The highest BCUT2D eigenvalue weighted by atomic mass is 19.2.